The zero-order chi connectivity index (χ0) is 18.6. The number of nitrogens with two attached hydrogens (primary N) is 1. The number of nitrogens with zero attached hydrogens (tertiary/aromatic N) is 2. The summed E-state index contributed by atoms with van der Waals surface area (Å²) in [7, 11) is 0. The van der Waals surface area contributed by atoms with Gasteiger partial charge in [-0.15, -0.1) is 5.92 Å². The van der Waals surface area contributed by atoms with Crippen LogP contribution in [0.4, 0.5) is 5.95 Å². The van der Waals surface area contributed by atoms with Gasteiger partial charge >= 0.3 is 0 Å². The predicted octanol–water partition coefficient (Wildman–Crippen LogP) is -1.69. The third-order valence-corrected chi connectivity index (χ3v) is 3.69. The van der Waals surface area contributed by atoms with E-state index in [1.807, 2.05) is 0 Å². The Balaban J connectivity index is 2.21. The highest BCUT2D eigenvalue weighted by Crippen LogP contribution is 2.39. The van der Waals surface area contributed by atoms with Crippen molar-refractivity contribution in [2.75, 3.05) is 12.3 Å². The van der Waals surface area contributed by atoms with Crippen LogP contribution in [0.15, 0.2) is 17.1 Å². The molecular weight excluding hydrogens is 304 g/mol. The molecule has 3 rings (SSSR count). The minimum atomic E-state index is -2.94. The van der Waals surface area contributed by atoms with Gasteiger partial charge in [-0.1, -0.05) is 5.92 Å². The summed E-state index contributed by atoms with van der Waals surface area (Å²) in [4.78, 5) is 18.2. The zero-order valence-electron chi connectivity index (χ0n) is 14.0. The first kappa shape index (κ1) is 13.1. The lowest BCUT2D eigenvalue weighted by molar-refractivity contribution is -0.0719. The van der Waals surface area contributed by atoms with Crippen LogP contribution in [-0.2, 0) is 4.74 Å². The first-order valence-electron chi connectivity index (χ1n) is 7.68. The van der Waals surface area contributed by atoms with Crippen molar-refractivity contribution < 1.29 is 22.8 Å². The van der Waals surface area contributed by atoms with Crippen molar-refractivity contribution in [2.45, 2.75) is 31.0 Å². The van der Waals surface area contributed by atoms with E-state index in [0.29, 0.717) is 0 Å². The van der Waals surface area contributed by atoms with Crippen LogP contribution in [0.2, 0.25) is 0 Å². The first-order chi connectivity index (χ1) is 11.6. The first-order valence-corrected chi connectivity index (χ1v) is 6.68. The highest BCUT2D eigenvalue weighted by atomic mass is 16.6. The van der Waals surface area contributed by atoms with Gasteiger partial charge in [0.25, 0.3) is 5.56 Å². The number of aromatic nitrogens is 3. The lowest BCUT2D eigenvalue weighted by atomic mass is 9.94. The third-order valence-electron chi connectivity index (χ3n) is 3.69. The van der Waals surface area contributed by atoms with Crippen LogP contribution in [-0.4, -0.2) is 54.2 Å². The van der Waals surface area contributed by atoms with Crippen LogP contribution in [0.1, 0.15) is 15.9 Å². The van der Waals surface area contributed by atoms with Gasteiger partial charge in [0.05, 0.1) is 14.7 Å². The SMILES string of the molecule is [2H]C([2H])(O)[C@H]1O[C@@H](n2ccc3c(=O)[nH]c(N)nc32)C(O)(C#CC)[C@H]1O. The van der Waals surface area contributed by atoms with Crippen molar-refractivity contribution in [3.05, 3.63) is 22.6 Å². The van der Waals surface area contributed by atoms with Crippen molar-refractivity contribution in [3.8, 4) is 11.8 Å². The quantitative estimate of drug-likeness (QED) is 0.415. The molecule has 0 aliphatic carbocycles. The molecule has 0 bridgehead atoms. The number of aromatic amines is 1. The Labute approximate surface area is 133 Å². The van der Waals surface area contributed by atoms with Crippen LogP contribution in [0, 0.1) is 11.8 Å². The number of nitrogens with one attached hydrogen (secondary N) is 1. The molecule has 9 heteroatoms. The molecule has 6 N–H and O–H groups in total. The molecule has 0 radical (unpaired) electrons. The van der Waals surface area contributed by atoms with Gasteiger partial charge in [0.2, 0.25) is 5.95 Å². The molecule has 0 spiro atoms. The summed E-state index contributed by atoms with van der Waals surface area (Å²) in [5, 5.41) is 30.9. The average molecular weight is 322 g/mol. The van der Waals surface area contributed by atoms with E-state index in [1.165, 1.54) is 23.8 Å². The van der Waals surface area contributed by atoms with Crippen LogP contribution < -0.4 is 11.3 Å². The van der Waals surface area contributed by atoms with E-state index in [2.05, 4.69) is 21.8 Å². The van der Waals surface area contributed by atoms with Crippen LogP contribution in [0.25, 0.3) is 11.0 Å². The number of anilines is 1. The average Bonchev–Trinajstić information content (AvgIpc) is 3.00. The number of aliphatic hydroxyl groups is 3. The zero-order valence-corrected chi connectivity index (χ0v) is 12.0. The Morgan fingerprint density at radius 3 is 3.09 bits per heavy atom. The predicted molar refractivity (Wildman–Crippen MR) is 80.2 cm³/mol. The Morgan fingerprint density at radius 2 is 2.43 bits per heavy atom. The van der Waals surface area contributed by atoms with E-state index in [0.717, 1.165) is 0 Å². The van der Waals surface area contributed by atoms with Gasteiger partial charge in [0, 0.05) is 6.20 Å². The molecule has 23 heavy (non-hydrogen) atoms. The van der Waals surface area contributed by atoms with Gasteiger partial charge in [-0.05, 0) is 13.0 Å². The minimum Gasteiger partial charge on any atom is -0.394 e. The molecule has 122 valence electrons. The summed E-state index contributed by atoms with van der Waals surface area (Å²) < 4.78 is 21.4. The Morgan fingerprint density at radius 1 is 1.70 bits per heavy atom. The number of hydrogen-bond acceptors (Lipinski definition) is 7. The maximum Gasteiger partial charge on any atom is 0.261 e. The second kappa shape index (κ2) is 5.36. The summed E-state index contributed by atoms with van der Waals surface area (Å²) in [5.41, 5.74) is 2.83. The molecule has 1 aliphatic rings. The van der Waals surface area contributed by atoms with E-state index in [1.54, 1.807) is 0 Å². The van der Waals surface area contributed by atoms with Gasteiger partial charge in [0.15, 0.2) is 17.5 Å². The number of ether oxygens (including phenoxy) is 1. The van der Waals surface area contributed by atoms with Gasteiger partial charge in [-0.2, -0.15) is 4.98 Å². The standard InChI is InChI=1S/C14H16N4O5/c1-2-4-14(22)9(20)8(6-19)23-12(14)18-5-3-7-10(18)16-13(15)17-11(7)21/h3,5,8-9,12,19-20,22H,6H2,1H3,(H3,15,16,17,21)/t8-,9+,12-,14?/m1/s1/i6D2. The molecule has 4 atom stereocenters. The van der Waals surface area contributed by atoms with Gasteiger partial charge in [-0.3, -0.25) is 9.78 Å². The van der Waals surface area contributed by atoms with Crippen LogP contribution in [0.3, 0.4) is 0 Å². The lowest BCUT2D eigenvalue weighted by Crippen LogP contribution is -2.45. The van der Waals surface area contributed by atoms with Crippen molar-refractivity contribution in [2.24, 2.45) is 0 Å². The summed E-state index contributed by atoms with van der Waals surface area (Å²) in [6, 6.07) is 1.40. The van der Waals surface area contributed by atoms with Crippen molar-refractivity contribution >= 4 is 17.0 Å². The smallest absolute Gasteiger partial charge is 0.261 e. The number of H-pyrrole nitrogens is 1. The summed E-state index contributed by atoms with van der Waals surface area (Å²) in [6.45, 7) is -1.53. The fourth-order valence-electron chi connectivity index (χ4n) is 2.66. The Kier molecular flexibility index (Phi) is 3.05. The minimum absolute atomic E-state index is 0.0499. The molecule has 1 aliphatic heterocycles. The van der Waals surface area contributed by atoms with Crippen molar-refractivity contribution in [3.63, 3.8) is 0 Å². The number of hydrogen-bond donors (Lipinski definition) is 5. The van der Waals surface area contributed by atoms with Crippen molar-refractivity contribution in [1.82, 2.24) is 14.5 Å². The molecule has 0 saturated carbocycles. The maximum atomic E-state index is 11.9. The van der Waals surface area contributed by atoms with Crippen molar-refractivity contribution in [1.29, 1.82) is 0 Å². The van der Waals surface area contributed by atoms with E-state index >= 15 is 0 Å². The lowest BCUT2D eigenvalue weighted by Gasteiger charge is -2.26. The number of aliphatic hydroxyl groups excluding tert-OH is 1. The molecule has 2 aromatic rings. The molecule has 1 unspecified atom stereocenters. The second-order valence-corrected chi connectivity index (χ2v) is 5.09. The Bertz CT molecular complexity index is 941. The fraction of sp³-hybridized carbons (Fsp3) is 0.429. The van der Waals surface area contributed by atoms with Gasteiger partial charge in [0.1, 0.15) is 12.2 Å². The molecule has 0 aromatic carbocycles. The van der Waals surface area contributed by atoms with E-state index in [-0.39, 0.29) is 17.0 Å². The monoisotopic (exact) mass is 322 g/mol. The number of nitrogen functional groups attached to an aromatic ring is 1. The normalized spacial score (nSPS) is 32.3. The molecule has 0 amide bonds. The van der Waals surface area contributed by atoms with Gasteiger partial charge in [-0.25, -0.2) is 0 Å². The van der Waals surface area contributed by atoms with E-state index in [4.69, 9.17) is 13.2 Å². The highest BCUT2D eigenvalue weighted by molar-refractivity contribution is 5.76. The summed E-state index contributed by atoms with van der Waals surface area (Å²) >= 11 is 0. The van der Waals surface area contributed by atoms with E-state index in [9.17, 15) is 20.1 Å². The Hall–Kier alpha value is -2.38. The topological polar surface area (TPSA) is 147 Å². The van der Waals surface area contributed by atoms with Crippen LogP contribution >= 0.6 is 0 Å². The third kappa shape index (κ3) is 2.20. The maximum absolute atomic E-state index is 11.9. The summed E-state index contributed by atoms with van der Waals surface area (Å²) in [6.07, 6.45) is -3.71. The summed E-state index contributed by atoms with van der Waals surface area (Å²) in [5.74, 6) is 4.67. The van der Waals surface area contributed by atoms with Gasteiger partial charge < -0.3 is 30.4 Å². The highest BCUT2D eigenvalue weighted by Gasteiger charge is 2.55. The largest absolute Gasteiger partial charge is 0.394 e. The van der Waals surface area contributed by atoms with E-state index < -0.39 is 36.2 Å². The molecule has 9 nitrogen and oxygen atoms in total. The van der Waals surface area contributed by atoms with Crippen LogP contribution in [0.5, 0.6) is 0 Å². The molecule has 1 fully saturated rings. The number of fused-ring (bicyclic) bond motifs is 1. The molecule has 2 aromatic heterocycles. The number of rotatable bonds is 2. The second-order valence-electron chi connectivity index (χ2n) is 5.09. The molecule has 1 saturated heterocycles. The molecular formula is C14H16N4O5. The molecule has 3 heterocycles. The fourth-order valence-corrected chi connectivity index (χ4v) is 2.66.